The fraction of sp³-hybridized carbons (Fsp3) is 0.538. The molecule has 12 heteroatoms. The Morgan fingerprint density at radius 3 is 2.61 bits per heavy atom. The molecule has 0 radical (unpaired) electrons. The Morgan fingerprint density at radius 2 is 1.95 bits per heavy atom. The minimum Gasteiger partial charge on any atom is -0.493 e. The Kier molecular flexibility index (Phi) is 8.51. The van der Waals surface area contributed by atoms with Crippen molar-refractivity contribution in [3.63, 3.8) is 0 Å². The largest absolute Gasteiger partial charge is 0.493 e. The van der Waals surface area contributed by atoms with Gasteiger partial charge in [0.2, 0.25) is 10.0 Å². The average molecular weight is 547 g/mol. The topological polar surface area (TPSA) is 133 Å². The van der Waals surface area contributed by atoms with E-state index in [-0.39, 0.29) is 23.0 Å². The third-order valence-electron chi connectivity index (χ3n) is 7.12. The number of pyridine rings is 1. The quantitative estimate of drug-likeness (QED) is 0.311. The van der Waals surface area contributed by atoms with Crippen LogP contribution in [0.3, 0.4) is 0 Å². The third kappa shape index (κ3) is 5.75. The highest BCUT2D eigenvalue weighted by atomic mass is 32.2. The SMILES string of the molecule is CCCc1cn(C)c(=O)c2c1N=C(c1cc(S(=O)(=O)N3CCC(CCO[N+](=O)[O-])CC3)ccc1OCC)C2. The number of ether oxygens (including phenoxy) is 1. The zero-order chi connectivity index (χ0) is 27.4. The molecule has 0 N–H and O–H groups in total. The molecule has 2 aliphatic heterocycles. The molecule has 0 amide bonds. The van der Waals surface area contributed by atoms with Crippen LogP contribution in [0.2, 0.25) is 0 Å². The van der Waals surface area contributed by atoms with E-state index < -0.39 is 15.1 Å². The number of nitrogens with zero attached hydrogens (tertiary/aromatic N) is 4. The first-order valence-corrected chi connectivity index (χ1v) is 14.4. The van der Waals surface area contributed by atoms with Crippen LogP contribution in [0.15, 0.2) is 39.1 Å². The first kappa shape index (κ1) is 27.8. The molecule has 1 aromatic heterocycles. The summed E-state index contributed by atoms with van der Waals surface area (Å²) in [5.74, 6) is 0.694. The van der Waals surface area contributed by atoms with Gasteiger partial charge in [-0.2, -0.15) is 4.31 Å². The van der Waals surface area contributed by atoms with Crippen LogP contribution in [0, 0.1) is 16.0 Å². The van der Waals surface area contributed by atoms with Gasteiger partial charge in [0.15, 0.2) is 0 Å². The molecule has 206 valence electrons. The molecule has 0 spiro atoms. The van der Waals surface area contributed by atoms with Gasteiger partial charge in [0.05, 0.1) is 29.5 Å². The van der Waals surface area contributed by atoms with Crippen LogP contribution >= 0.6 is 0 Å². The highest BCUT2D eigenvalue weighted by Crippen LogP contribution is 2.35. The lowest BCUT2D eigenvalue weighted by Gasteiger charge is -2.31. The lowest BCUT2D eigenvalue weighted by atomic mass is 9.95. The maximum atomic E-state index is 13.6. The zero-order valence-electron chi connectivity index (χ0n) is 22.0. The Bertz CT molecular complexity index is 1390. The van der Waals surface area contributed by atoms with Crippen LogP contribution in [0.5, 0.6) is 5.75 Å². The Balaban J connectivity index is 1.60. The maximum Gasteiger partial charge on any atom is 0.294 e. The van der Waals surface area contributed by atoms with Gasteiger partial charge in [-0.05, 0) is 62.3 Å². The van der Waals surface area contributed by atoms with Crippen molar-refractivity contribution in [2.24, 2.45) is 18.0 Å². The van der Waals surface area contributed by atoms with E-state index >= 15 is 0 Å². The Morgan fingerprint density at radius 1 is 1.21 bits per heavy atom. The summed E-state index contributed by atoms with van der Waals surface area (Å²) >= 11 is 0. The molecular weight excluding hydrogens is 512 g/mol. The number of aryl methyl sites for hydroxylation is 2. The van der Waals surface area contributed by atoms with Crippen molar-refractivity contribution >= 4 is 21.4 Å². The molecule has 4 rings (SSSR count). The normalized spacial score (nSPS) is 16.2. The van der Waals surface area contributed by atoms with Crippen LogP contribution < -0.4 is 10.3 Å². The number of aromatic nitrogens is 1. The van der Waals surface area contributed by atoms with E-state index in [4.69, 9.17) is 9.73 Å². The van der Waals surface area contributed by atoms with E-state index in [0.29, 0.717) is 73.7 Å². The van der Waals surface area contributed by atoms with E-state index in [1.54, 1.807) is 29.8 Å². The summed E-state index contributed by atoms with van der Waals surface area (Å²) in [5.41, 5.74) is 3.38. The van der Waals surface area contributed by atoms with E-state index in [2.05, 4.69) is 11.8 Å². The van der Waals surface area contributed by atoms with Gasteiger partial charge in [0.25, 0.3) is 10.6 Å². The van der Waals surface area contributed by atoms with E-state index in [9.17, 15) is 23.3 Å². The van der Waals surface area contributed by atoms with Crippen molar-refractivity contribution in [2.75, 3.05) is 26.3 Å². The smallest absolute Gasteiger partial charge is 0.294 e. The second kappa shape index (κ2) is 11.6. The Hall–Kier alpha value is -3.25. The first-order chi connectivity index (χ1) is 18.1. The lowest BCUT2D eigenvalue weighted by Crippen LogP contribution is -2.38. The van der Waals surface area contributed by atoms with Crippen molar-refractivity contribution in [1.82, 2.24) is 8.87 Å². The van der Waals surface area contributed by atoms with Crippen LogP contribution in [0.4, 0.5) is 5.69 Å². The first-order valence-electron chi connectivity index (χ1n) is 13.0. The summed E-state index contributed by atoms with van der Waals surface area (Å²) in [6.07, 6.45) is 5.56. The second-order valence-electron chi connectivity index (χ2n) is 9.67. The van der Waals surface area contributed by atoms with Crippen LogP contribution in [0.25, 0.3) is 0 Å². The number of hydrogen-bond donors (Lipinski definition) is 0. The molecule has 38 heavy (non-hydrogen) atoms. The molecule has 0 saturated carbocycles. The molecule has 0 atom stereocenters. The van der Waals surface area contributed by atoms with Crippen molar-refractivity contribution in [3.05, 3.63) is 61.6 Å². The number of hydrogen-bond acceptors (Lipinski definition) is 8. The van der Waals surface area contributed by atoms with Crippen LogP contribution in [0.1, 0.15) is 56.2 Å². The predicted molar refractivity (Wildman–Crippen MR) is 142 cm³/mol. The number of sulfonamides is 1. The number of benzene rings is 1. The average Bonchev–Trinajstić information content (AvgIpc) is 3.34. The second-order valence-corrected chi connectivity index (χ2v) is 11.6. The molecule has 2 aromatic rings. The van der Waals surface area contributed by atoms with Gasteiger partial charge in [-0.25, -0.2) is 8.42 Å². The fourth-order valence-corrected chi connectivity index (χ4v) is 6.66. The zero-order valence-corrected chi connectivity index (χ0v) is 22.8. The molecule has 2 aliphatic rings. The van der Waals surface area contributed by atoms with Gasteiger partial charge in [-0.15, -0.1) is 10.1 Å². The van der Waals surface area contributed by atoms with E-state index in [1.807, 2.05) is 13.1 Å². The van der Waals surface area contributed by atoms with Crippen LogP contribution in [-0.2, 0) is 34.8 Å². The Labute approximate surface area is 222 Å². The summed E-state index contributed by atoms with van der Waals surface area (Å²) in [5, 5.41) is 9.57. The van der Waals surface area contributed by atoms with E-state index in [0.717, 1.165) is 18.4 Å². The lowest BCUT2D eigenvalue weighted by molar-refractivity contribution is -0.758. The molecule has 0 unspecified atom stereocenters. The summed E-state index contributed by atoms with van der Waals surface area (Å²) < 4.78 is 36.0. The molecule has 3 heterocycles. The van der Waals surface area contributed by atoms with Gasteiger partial charge in [-0.3, -0.25) is 9.79 Å². The molecule has 1 saturated heterocycles. The molecule has 1 aromatic carbocycles. The van der Waals surface area contributed by atoms with Crippen molar-refractivity contribution < 1.29 is 23.1 Å². The molecular formula is C26H34N4O7S. The van der Waals surface area contributed by atoms with E-state index in [1.165, 1.54) is 4.31 Å². The van der Waals surface area contributed by atoms with Crippen molar-refractivity contribution in [2.45, 2.75) is 57.3 Å². The molecule has 0 bridgehead atoms. The highest BCUT2D eigenvalue weighted by Gasteiger charge is 2.31. The number of rotatable bonds is 11. The van der Waals surface area contributed by atoms with Gasteiger partial charge in [-0.1, -0.05) is 13.3 Å². The van der Waals surface area contributed by atoms with Gasteiger partial charge < -0.3 is 14.1 Å². The van der Waals surface area contributed by atoms with Gasteiger partial charge in [0, 0.05) is 43.9 Å². The van der Waals surface area contributed by atoms with Crippen molar-refractivity contribution in [3.8, 4) is 5.75 Å². The summed E-state index contributed by atoms with van der Waals surface area (Å²) in [6, 6.07) is 4.81. The predicted octanol–water partition coefficient (Wildman–Crippen LogP) is 3.41. The summed E-state index contributed by atoms with van der Waals surface area (Å²) in [6.45, 7) is 5.00. The van der Waals surface area contributed by atoms with Gasteiger partial charge >= 0.3 is 0 Å². The molecule has 0 aliphatic carbocycles. The maximum absolute atomic E-state index is 13.6. The number of fused-ring (bicyclic) bond motifs is 1. The number of aliphatic imine (C=N–C) groups is 1. The molecule has 11 nitrogen and oxygen atoms in total. The highest BCUT2D eigenvalue weighted by molar-refractivity contribution is 7.89. The third-order valence-corrected chi connectivity index (χ3v) is 9.02. The standard InChI is InChI=1S/C26H34N4O7S/c1-4-6-19-17-28(3)26(31)22-16-23(27-25(19)22)21-15-20(7-8-24(21)36-5-2)38(34,35)29-12-9-18(10-13-29)11-14-37-30(32)33/h7-8,15,17-18H,4-6,9-14,16H2,1-3H3. The summed E-state index contributed by atoms with van der Waals surface area (Å²) in [7, 11) is -2.05. The minimum absolute atomic E-state index is 0.0141. The van der Waals surface area contributed by atoms with Crippen LogP contribution in [-0.4, -0.2) is 54.4 Å². The number of piperidine rings is 1. The fourth-order valence-electron chi connectivity index (χ4n) is 5.17. The van der Waals surface area contributed by atoms with Gasteiger partial charge in [0.1, 0.15) is 5.75 Å². The monoisotopic (exact) mass is 546 g/mol. The summed E-state index contributed by atoms with van der Waals surface area (Å²) in [4.78, 5) is 32.6. The van der Waals surface area contributed by atoms with Crippen molar-refractivity contribution in [1.29, 1.82) is 0 Å². The molecule has 1 fully saturated rings. The minimum atomic E-state index is -3.78.